The summed E-state index contributed by atoms with van der Waals surface area (Å²) in [5, 5.41) is 33.7. The lowest BCUT2D eigenvalue weighted by Gasteiger charge is -2.29. The van der Waals surface area contributed by atoms with Gasteiger partial charge in [0.2, 0.25) is 59.1 Å². The minimum atomic E-state index is -1.54. The summed E-state index contributed by atoms with van der Waals surface area (Å²) in [6.07, 6.45) is 0.120. The van der Waals surface area contributed by atoms with Crippen LogP contribution in [0.15, 0.2) is 25.0 Å². The molecular formula is C53H105N27O11. The molecule has 0 rings (SSSR count). The van der Waals surface area contributed by atoms with Gasteiger partial charge in [-0.25, -0.2) is 0 Å². The summed E-state index contributed by atoms with van der Waals surface area (Å²) in [4.78, 5) is 158. The number of aliphatic hydroxyl groups is 1. The summed E-state index contributed by atoms with van der Waals surface area (Å²) < 4.78 is 0. The normalized spacial score (nSPS) is 14.2. The molecule has 0 radical (unpaired) electrons. The lowest BCUT2D eigenvalue weighted by molar-refractivity contribution is -0.136. The molecule has 0 aliphatic heterocycles. The number of primary amides is 1. The Labute approximate surface area is 530 Å². The molecule has 0 bridgehead atoms. The number of carbonyl (C=O) groups is 10. The molecule has 38 heteroatoms. The quantitative estimate of drug-likeness (QED) is 0.0153. The Kier molecular flexibility index (Phi) is 41.5. The molecule has 0 aliphatic rings. The van der Waals surface area contributed by atoms with E-state index in [2.05, 4.69) is 72.8 Å². The topological polar surface area (TPSA) is 699 Å². The van der Waals surface area contributed by atoms with Gasteiger partial charge in [-0.15, -0.1) is 0 Å². The number of nitrogens with two attached hydrogens (primary N) is 13. The molecule has 91 heavy (non-hydrogen) atoms. The number of rotatable bonds is 48. The van der Waals surface area contributed by atoms with Crippen LogP contribution in [0.25, 0.3) is 0 Å². The molecule has 0 aromatic carbocycles. The van der Waals surface area contributed by atoms with Gasteiger partial charge in [0, 0.05) is 39.6 Å². The van der Waals surface area contributed by atoms with E-state index in [0.717, 1.165) is 0 Å². The van der Waals surface area contributed by atoms with Crippen LogP contribution in [0.4, 0.5) is 0 Å². The van der Waals surface area contributed by atoms with Crippen molar-refractivity contribution in [3.05, 3.63) is 0 Å². The fourth-order valence-corrected chi connectivity index (χ4v) is 8.73. The Hall–Kier alpha value is -9.07. The largest absolute Gasteiger partial charge is 0.391 e. The first-order valence-electron chi connectivity index (χ1n) is 30.2. The number of carbonyl (C=O) groups excluding carboxylic acids is 10. The number of amides is 10. The highest BCUT2D eigenvalue weighted by Crippen LogP contribution is 2.13. The Bertz CT molecular complexity index is 2460. The molecule has 36 N–H and O–H groups in total. The molecule has 0 aromatic rings. The molecule has 38 nitrogen and oxygen atoms in total. The smallest absolute Gasteiger partial charge is 0.243 e. The van der Waals surface area contributed by atoms with Crippen LogP contribution in [-0.4, -0.2) is 200 Å². The summed E-state index contributed by atoms with van der Waals surface area (Å²) in [6, 6.07) is -12.4. The summed E-state index contributed by atoms with van der Waals surface area (Å²) >= 11 is 0. The maximum atomic E-state index is 14.7. The molecule has 10 amide bonds. The van der Waals surface area contributed by atoms with Gasteiger partial charge < -0.3 is 127 Å². The number of hydrogen-bond acceptors (Lipinski definition) is 18. The molecular weight excluding hydrogens is 1190 g/mol. The second-order valence-electron chi connectivity index (χ2n) is 21.8. The molecule has 0 saturated heterocycles. The van der Waals surface area contributed by atoms with Crippen molar-refractivity contribution >= 4 is 88.9 Å². The standard InChI is InChI=1S/C53H105N27O11/c1-28(2)38(79-46(89)31(72-30(4)82)16-9-23-67-49(57)58)48(91)78-36(19-12-26-70-52(63)64)45(88)76-35(18-11-25-69-51(61)62)44(87)75-34(17-10-24-68-50(59)60)43(86)74-32(14-5-7-21-54)41(84)73-33(15-6-8-22-55)42(85)77-37(20-13-27-71-53(65)66)47(90)80-39(29(3)81)40(56)83/h28-29,31-39,81H,5-27,54-55H2,1-4H3,(H2,56,83)(H,72,82)(H,73,84)(H,74,86)(H,75,87)(H,76,88)(H,77,85)(H,78,91)(H,79,89)(H,80,90)(H4,57,58,67)(H4,59,60,68)(H4,61,62,69)(H4,63,64,70)(H4,65,66,71)/t29-,31+,32+,33+,34+,35+,36+,37+,38+,39+/m1/s1. The molecule has 10 atom stereocenters. The minimum Gasteiger partial charge on any atom is -0.391 e. The van der Waals surface area contributed by atoms with E-state index in [1.54, 1.807) is 13.8 Å². The number of guanidine groups is 5. The van der Waals surface area contributed by atoms with Crippen LogP contribution in [0.1, 0.15) is 130 Å². The van der Waals surface area contributed by atoms with Crippen LogP contribution in [0, 0.1) is 5.92 Å². The Morgan fingerprint density at radius 1 is 0.319 bits per heavy atom. The van der Waals surface area contributed by atoms with Crippen molar-refractivity contribution in [1.82, 2.24) is 47.9 Å². The maximum absolute atomic E-state index is 14.7. The van der Waals surface area contributed by atoms with Crippen molar-refractivity contribution in [1.29, 1.82) is 0 Å². The molecule has 518 valence electrons. The van der Waals surface area contributed by atoms with Gasteiger partial charge in [-0.3, -0.25) is 72.9 Å². The van der Waals surface area contributed by atoms with Gasteiger partial charge in [0.15, 0.2) is 29.8 Å². The van der Waals surface area contributed by atoms with E-state index in [0.29, 0.717) is 19.3 Å². The lowest BCUT2D eigenvalue weighted by Crippen LogP contribution is -2.61. The van der Waals surface area contributed by atoms with E-state index in [-0.39, 0.29) is 159 Å². The van der Waals surface area contributed by atoms with Gasteiger partial charge in [0.25, 0.3) is 0 Å². The van der Waals surface area contributed by atoms with E-state index < -0.39 is 125 Å². The molecule has 0 fully saturated rings. The van der Waals surface area contributed by atoms with Crippen LogP contribution in [0.2, 0.25) is 0 Å². The summed E-state index contributed by atoms with van der Waals surface area (Å²) in [5.74, 6) is -10.2. The Morgan fingerprint density at radius 2 is 0.538 bits per heavy atom. The predicted octanol–water partition coefficient (Wildman–Crippen LogP) is -9.58. The zero-order valence-corrected chi connectivity index (χ0v) is 52.9. The minimum absolute atomic E-state index is 0.00456. The van der Waals surface area contributed by atoms with E-state index in [1.807, 2.05) is 0 Å². The number of aliphatic imine (C=N–C) groups is 5. The second kappa shape index (κ2) is 46.1. The number of nitrogens with one attached hydrogen (secondary N) is 9. The predicted molar refractivity (Wildman–Crippen MR) is 344 cm³/mol. The Morgan fingerprint density at radius 3 is 0.747 bits per heavy atom. The van der Waals surface area contributed by atoms with Gasteiger partial charge in [-0.1, -0.05) is 13.8 Å². The number of unbranched alkanes of at least 4 members (excludes halogenated alkanes) is 2. The van der Waals surface area contributed by atoms with Gasteiger partial charge >= 0.3 is 0 Å². The van der Waals surface area contributed by atoms with E-state index in [4.69, 9.17) is 74.5 Å². The van der Waals surface area contributed by atoms with Crippen molar-refractivity contribution in [3.63, 3.8) is 0 Å². The van der Waals surface area contributed by atoms with Crippen molar-refractivity contribution in [2.75, 3.05) is 45.8 Å². The molecule has 0 saturated carbocycles. The molecule has 0 aromatic heterocycles. The number of nitrogens with zero attached hydrogens (tertiary/aromatic N) is 5. The van der Waals surface area contributed by atoms with Crippen LogP contribution >= 0.6 is 0 Å². The lowest BCUT2D eigenvalue weighted by atomic mass is 10.0. The van der Waals surface area contributed by atoms with Crippen molar-refractivity contribution in [2.45, 2.75) is 191 Å². The van der Waals surface area contributed by atoms with Crippen LogP contribution < -0.4 is 122 Å². The molecule has 0 aliphatic carbocycles. The van der Waals surface area contributed by atoms with E-state index in [1.165, 1.54) is 13.8 Å². The first-order valence-corrected chi connectivity index (χ1v) is 30.2. The number of hydrogen-bond donors (Lipinski definition) is 23. The highest BCUT2D eigenvalue weighted by atomic mass is 16.3. The average Bonchev–Trinajstić information content (AvgIpc) is 2.14. The highest BCUT2D eigenvalue weighted by Gasteiger charge is 2.36. The monoisotopic (exact) mass is 1300 g/mol. The van der Waals surface area contributed by atoms with E-state index in [9.17, 15) is 53.1 Å². The van der Waals surface area contributed by atoms with Gasteiger partial charge in [0.05, 0.1) is 6.10 Å². The van der Waals surface area contributed by atoms with Gasteiger partial charge in [-0.05, 0) is 129 Å². The van der Waals surface area contributed by atoms with Crippen LogP contribution in [0.5, 0.6) is 0 Å². The molecule has 0 heterocycles. The molecule has 0 spiro atoms. The van der Waals surface area contributed by atoms with Crippen LogP contribution in [-0.2, 0) is 47.9 Å². The zero-order chi connectivity index (χ0) is 69.2. The summed E-state index contributed by atoms with van der Waals surface area (Å²) in [5.41, 5.74) is 72.2. The van der Waals surface area contributed by atoms with Gasteiger partial charge in [0.1, 0.15) is 54.4 Å². The fraction of sp³-hybridized carbons (Fsp3) is 0.717. The first-order chi connectivity index (χ1) is 42.8. The van der Waals surface area contributed by atoms with Crippen LogP contribution in [0.3, 0.4) is 0 Å². The van der Waals surface area contributed by atoms with Crippen molar-refractivity contribution < 1.29 is 53.1 Å². The number of aliphatic hydroxyl groups excluding tert-OH is 1. The van der Waals surface area contributed by atoms with E-state index >= 15 is 0 Å². The highest BCUT2D eigenvalue weighted by molar-refractivity contribution is 5.98. The third kappa shape index (κ3) is 37.5. The summed E-state index contributed by atoms with van der Waals surface area (Å²) in [6.45, 7) is 6.25. The second-order valence-corrected chi connectivity index (χ2v) is 21.8. The summed E-state index contributed by atoms with van der Waals surface area (Å²) in [7, 11) is 0. The van der Waals surface area contributed by atoms with Crippen molar-refractivity contribution in [2.24, 2.45) is 105 Å². The van der Waals surface area contributed by atoms with Gasteiger partial charge in [-0.2, -0.15) is 0 Å². The fourth-order valence-electron chi connectivity index (χ4n) is 8.73. The first kappa shape index (κ1) is 81.9. The average molecular weight is 1300 g/mol. The third-order valence-electron chi connectivity index (χ3n) is 13.4. The molecule has 0 unspecified atom stereocenters. The SMILES string of the molecule is CC(=O)N[C@@H](CCCN=C(N)N)C(=O)N[C@H](C(=O)N[C@@H](CCCN=C(N)N)C(=O)N[C@@H](CCCN=C(N)N)C(=O)N[C@@H](CCCN=C(N)N)C(=O)N[C@@H](CCCCN)C(=O)N[C@@H](CCCCN)C(=O)N[C@@H](CCCN=C(N)N)C(=O)N[C@H](C(N)=O)[C@@H](C)O)C(C)C. The maximum Gasteiger partial charge on any atom is 0.243 e. The third-order valence-corrected chi connectivity index (χ3v) is 13.4. The zero-order valence-electron chi connectivity index (χ0n) is 52.9. The Balaban J connectivity index is 7.44. The van der Waals surface area contributed by atoms with Crippen molar-refractivity contribution in [3.8, 4) is 0 Å².